The van der Waals surface area contributed by atoms with Gasteiger partial charge in [0.1, 0.15) is 5.54 Å². The highest BCUT2D eigenvalue weighted by atomic mass is 16.5. The molecule has 1 N–H and O–H groups in total. The molecule has 2 saturated heterocycles. The maximum Gasteiger partial charge on any atom is 0.326 e. The van der Waals surface area contributed by atoms with Crippen molar-refractivity contribution in [1.29, 1.82) is 0 Å². The minimum Gasteiger partial charge on any atom is -0.465 e. The molecule has 2 bridgehead atoms. The molecular formula is C14H24N2O2. The van der Waals surface area contributed by atoms with E-state index in [1.165, 1.54) is 12.8 Å². The zero-order valence-electron chi connectivity index (χ0n) is 11.4. The third-order valence-electron chi connectivity index (χ3n) is 4.40. The van der Waals surface area contributed by atoms with E-state index in [1.807, 2.05) is 6.92 Å². The maximum atomic E-state index is 12.3. The number of hydrogen-bond donors (Lipinski definition) is 1. The number of fused-ring (bicyclic) bond motifs is 2. The Morgan fingerprint density at radius 2 is 2.11 bits per heavy atom. The second-order valence-electron chi connectivity index (χ2n) is 5.43. The summed E-state index contributed by atoms with van der Waals surface area (Å²) in [4.78, 5) is 14.7. The first kappa shape index (κ1) is 13.6. The lowest BCUT2D eigenvalue weighted by atomic mass is 9.83. The Morgan fingerprint density at radius 1 is 1.50 bits per heavy atom. The van der Waals surface area contributed by atoms with Crippen molar-refractivity contribution in [2.24, 2.45) is 0 Å². The quantitative estimate of drug-likeness (QED) is 0.592. The number of carbonyl (C=O) groups is 1. The van der Waals surface area contributed by atoms with Crippen LogP contribution in [0, 0.1) is 0 Å². The normalized spacial score (nSPS) is 35.4. The monoisotopic (exact) mass is 252 g/mol. The molecule has 2 rings (SSSR count). The van der Waals surface area contributed by atoms with E-state index < -0.39 is 5.54 Å². The number of carbonyl (C=O) groups excluding carboxylic acids is 1. The molecule has 2 aliphatic heterocycles. The number of rotatable bonds is 5. The number of hydrogen-bond acceptors (Lipinski definition) is 4. The molecule has 2 heterocycles. The van der Waals surface area contributed by atoms with Crippen LogP contribution < -0.4 is 5.32 Å². The SMILES string of the molecule is C=CCNC1(C(=O)OCC)CC2CCC(C1)N2C. The molecule has 2 atom stereocenters. The minimum atomic E-state index is -0.497. The van der Waals surface area contributed by atoms with Gasteiger partial charge in [-0.3, -0.25) is 10.1 Å². The van der Waals surface area contributed by atoms with E-state index in [0.29, 0.717) is 25.2 Å². The van der Waals surface area contributed by atoms with E-state index in [-0.39, 0.29) is 5.97 Å². The van der Waals surface area contributed by atoms with E-state index in [4.69, 9.17) is 4.74 Å². The number of piperidine rings is 1. The summed E-state index contributed by atoms with van der Waals surface area (Å²) in [6.07, 6.45) is 5.90. The van der Waals surface area contributed by atoms with Gasteiger partial charge in [-0.25, -0.2) is 0 Å². The first-order chi connectivity index (χ1) is 8.63. The van der Waals surface area contributed by atoms with Gasteiger partial charge in [-0.05, 0) is 39.7 Å². The zero-order valence-corrected chi connectivity index (χ0v) is 11.4. The van der Waals surface area contributed by atoms with E-state index in [9.17, 15) is 4.79 Å². The van der Waals surface area contributed by atoms with Crippen molar-refractivity contribution in [1.82, 2.24) is 10.2 Å². The van der Waals surface area contributed by atoms with Crippen molar-refractivity contribution >= 4 is 5.97 Å². The number of nitrogens with zero attached hydrogens (tertiary/aromatic N) is 1. The molecule has 102 valence electrons. The van der Waals surface area contributed by atoms with Gasteiger partial charge in [-0.15, -0.1) is 6.58 Å². The number of ether oxygens (including phenoxy) is 1. The van der Waals surface area contributed by atoms with E-state index in [0.717, 1.165) is 12.8 Å². The Kier molecular flexibility index (Phi) is 4.07. The molecule has 0 saturated carbocycles. The fraction of sp³-hybridized carbons (Fsp3) is 0.786. The van der Waals surface area contributed by atoms with Crippen molar-refractivity contribution in [3.05, 3.63) is 12.7 Å². The van der Waals surface area contributed by atoms with Crippen LogP contribution in [0.4, 0.5) is 0 Å². The number of nitrogens with one attached hydrogen (secondary N) is 1. The van der Waals surface area contributed by atoms with Gasteiger partial charge in [-0.1, -0.05) is 6.08 Å². The van der Waals surface area contributed by atoms with Gasteiger partial charge in [0.25, 0.3) is 0 Å². The standard InChI is InChI=1S/C14H24N2O2/c1-4-8-15-14(13(17)18-5-2)9-11-6-7-12(10-14)16(11)3/h4,11-12,15H,1,5-10H2,2-3H3. The number of esters is 1. The Morgan fingerprint density at radius 3 is 2.61 bits per heavy atom. The van der Waals surface area contributed by atoms with Gasteiger partial charge in [0.05, 0.1) is 6.61 Å². The highest BCUT2D eigenvalue weighted by molar-refractivity contribution is 5.81. The van der Waals surface area contributed by atoms with Crippen LogP contribution in [-0.4, -0.2) is 48.7 Å². The fourth-order valence-corrected chi connectivity index (χ4v) is 3.39. The van der Waals surface area contributed by atoms with Gasteiger partial charge < -0.3 is 9.64 Å². The molecule has 0 aromatic carbocycles. The van der Waals surface area contributed by atoms with Crippen LogP contribution in [0.1, 0.15) is 32.6 Å². The Bertz CT molecular complexity index is 316. The van der Waals surface area contributed by atoms with Crippen molar-refractivity contribution < 1.29 is 9.53 Å². The van der Waals surface area contributed by atoms with Crippen molar-refractivity contribution in [3.8, 4) is 0 Å². The molecule has 0 spiro atoms. The molecule has 0 radical (unpaired) electrons. The second-order valence-corrected chi connectivity index (χ2v) is 5.43. The molecule has 0 aliphatic carbocycles. The third-order valence-corrected chi connectivity index (χ3v) is 4.40. The largest absolute Gasteiger partial charge is 0.465 e. The molecule has 2 aliphatic rings. The Hall–Kier alpha value is -0.870. The molecule has 4 nitrogen and oxygen atoms in total. The second kappa shape index (κ2) is 5.41. The van der Waals surface area contributed by atoms with Crippen LogP contribution in [0.2, 0.25) is 0 Å². The Balaban J connectivity index is 2.16. The first-order valence-electron chi connectivity index (χ1n) is 6.88. The summed E-state index contributed by atoms with van der Waals surface area (Å²) in [5, 5.41) is 3.37. The lowest BCUT2D eigenvalue weighted by molar-refractivity contribution is -0.154. The summed E-state index contributed by atoms with van der Waals surface area (Å²) < 4.78 is 5.29. The Labute approximate surface area is 109 Å². The average molecular weight is 252 g/mol. The zero-order chi connectivity index (χ0) is 13.2. The summed E-state index contributed by atoms with van der Waals surface area (Å²) >= 11 is 0. The van der Waals surface area contributed by atoms with E-state index in [2.05, 4.69) is 23.8 Å². The fourth-order valence-electron chi connectivity index (χ4n) is 3.39. The summed E-state index contributed by atoms with van der Waals surface area (Å²) in [7, 11) is 2.17. The smallest absolute Gasteiger partial charge is 0.326 e. The van der Waals surface area contributed by atoms with Gasteiger partial charge in [-0.2, -0.15) is 0 Å². The van der Waals surface area contributed by atoms with Crippen LogP contribution in [0.25, 0.3) is 0 Å². The highest BCUT2D eigenvalue weighted by Gasteiger charge is 2.51. The third kappa shape index (κ3) is 2.31. The maximum absolute atomic E-state index is 12.3. The predicted molar refractivity (Wildman–Crippen MR) is 71.4 cm³/mol. The molecule has 4 heteroatoms. The topological polar surface area (TPSA) is 41.6 Å². The van der Waals surface area contributed by atoms with E-state index in [1.54, 1.807) is 6.08 Å². The average Bonchev–Trinajstić information content (AvgIpc) is 2.60. The predicted octanol–water partition coefficient (Wildman–Crippen LogP) is 1.32. The first-order valence-corrected chi connectivity index (χ1v) is 6.88. The van der Waals surface area contributed by atoms with Gasteiger partial charge in [0.15, 0.2) is 0 Å². The molecule has 2 fully saturated rings. The van der Waals surface area contributed by atoms with Crippen LogP contribution >= 0.6 is 0 Å². The molecule has 18 heavy (non-hydrogen) atoms. The van der Waals surface area contributed by atoms with Crippen LogP contribution in [0.15, 0.2) is 12.7 Å². The molecular weight excluding hydrogens is 228 g/mol. The summed E-state index contributed by atoms with van der Waals surface area (Å²) in [6, 6.07) is 1.01. The van der Waals surface area contributed by atoms with Crippen molar-refractivity contribution in [3.63, 3.8) is 0 Å². The molecule has 0 aromatic rings. The van der Waals surface area contributed by atoms with Crippen LogP contribution in [0.3, 0.4) is 0 Å². The summed E-state index contributed by atoms with van der Waals surface area (Å²) in [5.74, 6) is -0.0862. The van der Waals surface area contributed by atoms with Crippen LogP contribution in [-0.2, 0) is 9.53 Å². The minimum absolute atomic E-state index is 0.0862. The van der Waals surface area contributed by atoms with Crippen molar-refractivity contribution in [2.75, 3.05) is 20.2 Å². The van der Waals surface area contributed by atoms with Crippen LogP contribution in [0.5, 0.6) is 0 Å². The lowest BCUT2D eigenvalue weighted by Crippen LogP contribution is -2.61. The van der Waals surface area contributed by atoms with Gasteiger partial charge >= 0.3 is 5.97 Å². The summed E-state index contributed by atoms with van der Waals surface area (Å²) in [6.45, 7) is 6.69. The van der Waals surface area contributed by atoms with Gasteiger partial charge in [0, 0.05) is 18.6 Å². The highest BCUT2D eigenvalue weighted by Crippen LogP contribution is 2.40. The van der Waals surface area contributed by atoms with E-state index >= 15 is 0 Å². The molecule has 2 unspecified atom stereocenters. The van der Waals surface area contributed by atoms with Crippen molar-refractivity contribution in [2.45, 2.75) is 50.2 Å². The summed E-state index contributed by atoms with van der Waals surface area (Å²) in [5.41, 5.74) is -0.497. The van der Waals surface area contributed by atoms with Gasteiger partial charge in [0.2, 0.25) is 0 Å². The molecule has 0 amide bonds. The lowest BCUT2D eigenvalue weighted by Gasteiger charge is -2.43. The molecule has 0 aromatic heterocycles.